The van der Waals surface area contributed by atoms with Gasteiger partial charge in [0.25, 0.3) is 0 Å². The lowest BCUT2D eigenvalue weighted by atomic mass is 10.1. The quantitative estimate of drug-likeness (QED) is 0.706. The summed E-state index contributed by atoms with van der Waals surface area (Å²) in [4.78, 5) is 11.3. The SMILES string of the molecule is CC(C)OCC(=O)NCC1CCC(N)C1. The van der Waals surface area contributed by atoms with Crippen LogP contribution in [-0.4, -0.2) is 31.2 Å². The van der Waals surface area contributed by atoms with E-state index < -0.39 is 0 Å². The maximum Gasteiger partial charge on any atom is 0.246 e. The molecule has 1 fully saturated rings. The van der Waals surface area contributed by atoms with E-state index >= 15 is 0 Å². The smallest absolute Gasteiger partial charge is 0.246 e. The zero-order chi connectivity index (χ0) is 11.3. The van der Waals surface area contributed by atoms with Crippen LogP contribution in [0.5, 0.6) is 0 Å². The Morgan fingerprint density at radius 3 is 2.80 bits per heavy atom. The van der Waals surface area contributed by atoms with Crippen molar-refractivity contribution >= 4 is 5.91 Å². The van der Waals surface area contributed by atoms with Gasteiger partial charge >= 0.3 is 0 Å². The van der Waals surface area contributed by atoms with Gasteiger partial charge in [-0.05, 0) is 39.0 Å². The van der Waals surface area contributed by atoms with E-state index in [9.17, 15) is 4.79 Å². The second-order valence-electron chi connectivity index (χ2n) is 4.60. The Morgan fingerprint density at radius 1 is 1.53 bits per heavy atom. The van der Waals surface area contributed by atoms with Crippen LogP contribution in [0.25, 0.3) is 0 Å². The third-order valence-electron chi connectivity index (χ3n) is 2.72. The fraction of sp³-hybridized carbons (Fsp3) is 0.909. The molecule has 3 N–H and O–H groups in total. The fourth-order valence-corrected chi connectivity index (χ4v) is 1.85. The van der Waals surface area contributed by atoms with Crippen molar-refractivity contribution in [2.24, 2.45) is 11.7 Å². The number of carbonyl (C=O) groups excluding carboxylic acids is 1. The van der Waals surface area contributed by atoms with E-state index in [-0.39, 0.29) is 18.6 Å². The van der Waals surface area contributed by atoms with Crippen LogP contribution < -0.4 is 11.1 Å². The molecular weight excluding hydrogens is 192 g/mol. The Balaban J connectivity index is 2.06. The molecular formula is C11H22N2O2. The number of nitrogens with one attached hydrogen (secondary N) is 1. The molecule has 0 aromatic rings. The highest BCUT2D eigenvalue weighted by Gasteiger charge is 2.21. The maximum absolute atomic E-state index is 11.3. The monoisotopic (exact) mass is 214 g/mol. The van der Waals surface area contributed by atoms with Gasteiger partial charge in [0.2, 0.25) is 5.91 Å². The summed E-state index contributed by atoms with van der Waals surface area (Å²) in [6.45, 7) is 4.75. The van der Waals surface area contributed by atoms with Crippen LogP contribution in [0.1, 0.15) is 33.1 Å². The van der Waals surface area contributed by atoms with Crippen molar-refractivity contribution in [3.05, 3.63) is 0 Å². The van der Waals surface area contributed by atoms with Gasteiger partial charge in [0.15, 0.2) is 0 Å². The molecule has 15 heavy (non-hydrogen) atoms. The van der Waals surface area contributed by atoms with Gasteiger partial charge in [-0.15, -0.1) is 0 Å². The molecule has 0 heterocycles. The molecule has 0 saturated heterocycles. The van der Waals surface area contributed by atoms with Gasteiger partial charge in [-0.25, -0.2) is 0 Å². The Hall–Kier alpha value is -0.610. The Morgan fingerprint density at radius 2 is 2.27 bits per heavy atom. The third kappa shape index (κ3) is 5.14. The van der Waals surface area contributed by atoms with Gasteiger partial charge in [0.1, 0.15) is 6.61 Å². The molecule has 0 bridgehead atoms. The summed E-state index contributed by atoms with van der Waals surface area (Å²) < 4.78 is 5.20. The molecule has 0 spiro atoms. The average Bonchev–Trinajstić information content (AvgIpc) is 2.58. The standard InChI is InChI=1S/C11H22N2O2/c1-8(2)15-7-11(14)13-6-9-3-4-10(12)5-9/h8-10H,3-7,12H2,1-2H3,(H,13,14). The van der Waals surface area contributed by atoms with Crippen molar-refractivity contribution in [3.8, 4) is 0 Å². The molecule has 0 aromatic heterocycles. The Labute approximate surface area is 91.5 Å². The minimum atomic E-state index is -0.0239. The molecule has 1 amide bonds. The fourth-order valence-electron chi connectivity index (χ4n) is 1.85. The maximum atomic E-state index is 11.3. The number of ether oxygens (including phenoxy) is 1. The molecule has 2 unspecified atom stereocenters. The topological polar surface area (TPSA) is 64.3 Å². The van der Waals surface area contributed by atoms with Crippen molar-refractivity contribution in [2.45, 2.75) is 45.3 Å². The van der Waals surface area contributed by atoms with Crippen molar-refractivity contribution in [1.29, 1.82) is 0 Å². The van der Waals surface area contributed by atoms with E-state index in [1.54, 1.807) is 0 Å². The number of hydrogen-bond donors (Lipinski definition) is 2. The third-order valence-corrected chi connectivity index (χ3v) is 2.72. The second kappa shape index (κ2) is 6.08. The Kier molecular flexibility index (Phi) is 5.05. The van der Waals surface area contributed by atoms with Crippen LogP contribution in [0.15, 0.2) is 0 Å². The summed E-state index contributed by atoms with van der Waals surface area (Å²) >= 11 is 0. The number of rotatable bonds is 5. The first-order valence-electron chi connectivity index (χ1n) is 5.71. The van der Waals surface area contributed by atoms with Gasteiger partial charge in [0.05, 0.1) is 6.10 Å². The molecule has 4 nitrogen and oxygen atoms in total. The summed E-state index contributed by atoms with van der Waals surface area (Å²) in [5.41, 5.74) is 5.79. The molecule has 88 valence electrons. The lowest BCUT2D eigenvalue weighted by Gasteiger charge is -2.12. The van der Waals surface area contributed by atoms with Crippen LogP contribution in [0.2, 0.25) is 0 Å². The molecule has 1 aliphatic rings. The van der Waals surface area contributed by atoms with Crippen molar-refractivity contribution < 1.29 is 9.53 Å². The molecule has 2 atom stereocenters. The number of amides is 1. The molecule has 1 rings (SSSR count). The van der Waals surface area contributed by atoms with E-state index in [1.807, 2.05) is 13.8 Å². The molecule has 0 aromatic carbocycles. The molecule has 0 aliphatic heterocycles. The molecule has 1 aliphatic carbocycles. The first kappa shape index (κ1) is 12.5. The minimum absolute atomic E-state index is 0.0239. The van der Waals surface area contributed by atoms with E-state index in [4.69, 9.17) is 10.5 Å². The van der Waals surface area contributed by atoms with Crippen LogP contribution in [-0.2, 0) is 9.53 Å². The van der Waals surface area contributed by atoms with Gasteiger partial charge in [0, 0.05) is 12.6 Å². The van der Waals surface area contributed by atoms with E-state index in [1.165, 1.54) is 0 Å². The van der Waals surface area contributed by atoms with Crippen molar-refractivity contribution in [3.63, 3.8) is 0 Å². The highest BCUT2D eigenvalue weighted by atomic mass is 16.5. The predicted molar refractivity (Wildman–Crippen MR) is 59.4 cm³/mol. The highest BCUT2D eigenvalue weighted by molar-refractivity contribution is 5.77. The predicted octanol–water partition coefficient (Wildman–Crippen LogP) is 0.655. The van der Waals surface area contributed by atoms with E-state index in [0.717, 1.165) is 25.8 Å². The largest absolute Gasteiger partial charge is 0.369 e. The normalized spacial score (nSPS) is 25.9. The van der Waals surface area contributed by atoms with Crippen LogP contribution in [0.4, 0.5) is 0 Å². The van der Waals surface area contributed by atoms with Crippen molar-refractivity contribution in [2.75, 3.05) is 13.2 Å². The summed E-state index contributed by atoms with van der Waals surface area (Å²) in [6, 6.07) is 0.332. The summed E-state index contributed by atoms with van der Waals surface area (Å²) in [5.74, 6) is 0.534. The highest BCUT2D eigenvalue weighted by Crippen LogP contribution is 2.22. The van der Waals surface area contributed by atoms with Crippen LogP contribution in [0, 0.1) is 5.92 Å². The Bertz CT molecular complexity index is 207. The molecule has 1 saturated carbocycles. The van der Waals surface area contributed by atoms with E-state index in [0.29, 0.717) is 12.0 Å². The van der Waals surface area contributed by atoms with Crippen molar-refractivity contribution in [1.82, 2.24) is 5.32 Å². The number of hydrogen-bond acceptors (Lipinski definition) is 3. The first-order valence-corrected chi connectivity index (χ1v) is 5.71. The number of nitrogens with two attached hydrogens (primary N) is 1. The van der Waals surface area contributed by atoms with Gasteiger partial charge in [-0.1, -0.05) is 0 Å². The van der Waals surface area contributed by atoms with Gasteiger partial charge < -0.3 is 15.8 Å². The molecule has 0 radical (unpaired) electrons. The lowest BCUT2D eigenvalue weighted by molar-refractivity contribution is -0.127. The van der Waals surface area contributed by atoms with Gasteiger partial charge in [-0.3, -0.25) is 4.79 Å². The summed E-state index contributed by atoms with van der Waals surface area (Å²) in [7, 11) is 0. The minimum Gasteiger partial charge on any atom is -0.369 e. The second-order valence-corrected chi connectivity index (χ2v) is 4.60. The lowest BCUT2D eigenvalue weighted by Crippen LogP contribution is -2.32. The average molecular weight is 214 g/mol. The zero-order valence-electron chi connectivity index (χ0n) is 9.66. The van der Waals surface area contributed by atoms with Crippen LogP contribution >= 0.6 is 0 Å². The van der Waals surface area contributed by atoms with Crippen LogP contribution in [0.3, 0.4) is 0 Å². The van der Waals surface area contributed by atoms with Gasteiger partial charge in [-0.2, -0.15) is 0 Å². The first-order chi connectivity index (χ1) is 7.08. The number of carbonyl (C=O) groups is 1. The summed E-state index contributed by atoms with van der Waals surface area (Å²) in [5, 5.41) is 2.88. The zero-order valence-corrected chi connectivity index (χ0v) is 9.66. The van der Waals surface area contributed by atoms with E-state index in [2.05, 4.69) is 5.32 Å². The summed E-state index contributed by atoms with van der Waals surface area (Å²) in [6.07, 6.45) is 3.36. The molecule has 4 heteroatoms.